The Bertz CT molecular complexity index is 6170. The molecule has 0 bridgehead atoms. The van der Waals surface area contributed by atoms with E-state index in [-0.39, 0.29) is 81.4 Å². The number of rotatable bonds is 4. The van der Waals surface area contributed by atoms with Crippen molar-refractivity contribution in [3.8, 4) is 28.8 Å². The van der Waals surface area contributed by atoms with Gasteiger partial charge in [-0.1, -0.05) is 172 Å². The van der Waals surface area contributed by atoms with Gasteiger partial charge in [0.15, 0.2) is 0 Å². The van der Waals surface area contributed by atoms with E-state index >= 15 is 0 Å². The lowest BCUT2D eigenvalue weighted by Crippen LogP contribution is -2.15. The Morgan fingerprint density at radius 3 is 1.68 bits per heavy atom. The predicted molar refractivity (Wildman–Crippen MR) is 344 cm³/mol. The Kier molecular flexibility index (Phi) is 7.26. The average molecular weight is 1080 g/mol. The van der Waals surface area contributed by atoms with Crippen LogP contribution in [0.2, 0.25) is 0 Å². The molecule has 6 heterocycles. The highest BCUT2D eigenvalue weighted by Gasteiger charge is 2.36. The molecule has 0 fully saturated rings. The van der Waals surface area contributed by atoms with Gasteiger partial charge in [-0.15, -0.1) is 22.7 Å². The number of benzene rings is 11. The summed E-state index contributed by atoms with van der Waals surface area (Å²) < 4.78 is 124. The van der Waals surface area contributed by atoms with Crippen LogP contribution in [0, 0.1) is 24.8 Å². The minimum Gasteiger partial charge on any atom is -0.317 e. The minimum atomic E-state index is -3.15. The number of nitriles is 1. The first kappa shape index (κ1) is 35.5. The van der Waals surface area contributed by atoms with Gasteiger partial charge in [0.1, 0.15) is 6.07 Å². The summed E-state index contributed by atoms with van der Waals surface area (Å²) in [6, 6.07) is 47.3. The van der Waals surface area contributed by atoms with E-state index in [9.17, 15) is 21.4 Å². The molecule has 11 aromatic carbocycles. The van der Waals surface area contributed by atoms with Crippen LogP contribution in [0.1, 0.15) is 53.9 Å². The normalized spacial score (nSPS) is 14.7. The van der Waals surface area contributed by atoms with E-state index in [2.05, 4.69) is 73.9 Å². The summed E-state index contributed by atoms with van der Waals surface area (Å²) in [5.74, 6) is 0. The van der Waals surface area contributed by atoms with Gasteiger partial charge in [0.2, 0.25) is 5.69 Å². The fourth-order valence-electron chi connectivity index (χ4n) is 12.9. The topological polar surface area (TPSA) is 47.9 Å². The Labute approximate surface area is 489 Å². The highest BCUT2D eigenvalue weighted by atomic mass is 32.1. The Hall–Kier alpha value is -9.96. The molecule has 0 radical (unpaired) electrons. The number of thiophene rings is 2. The SMILES string of the molecule is [2H]c1c([2H])c([2H])c2c(sc3c2c([2H])c([2H])c2c4c([2H])c(C([2H])([2H])[2H])c([2H])c([2H])c4n(-c4c(-n5c6ccccc6c6ccccc65)c(C#N)c(-n5c6ccc(C(C)(C)C)cc6c6ccc7c8ccccc8sc7c65)c([N+]#[C-])c4-n4c5ccccc5c5ccccc54)c32)c1[2H]. The first-order valence-electron chi connectivity index (χ1n) is 32.5. The molecule has 0 aliphatic rings. The Morgan fingerprint density at radius 2 is 1.02 bits per heavy atom. The van der Waals surface area contributed by atoms with E-state index in [0.717, 1.165) is 74.9 Å². The molecular formula is C73H46N6S2. The van der Waals surface area contributed by atoms with Crippen LogP contribution in [0.5, 0.6) is 0 Å². The largest absolute Gasteiger partial charge is 0.317 e. The molecule has 8 heteroatoms. The fraction of sp³-hybridized carbons (Fsp3) is 0.0685. The van der Waals surface area contributed by atoms with E-state index in [0.29, 0.717) is 27.6 Å². The third kappa shape index (κ3) is 6.13. The second kappa shape index (κ2) is 16.5. The van der Waals surface area contributed by atoms with Crippen molar-refractivity contribution < 1.29 is 16.4 Å². The van der Waals surface area contributed by atoms with Gasteiger partial charge in [0.05, 0.1) is 101 Å². The van der Waals surface area contributed by atoms with Crippen molar-refractivity contribution in [2.75, 3.05) is 0 Å². The molecule has 0 spiro atoms. The molecule has 6 aromatic heterocycles. The average Bonchev–Trinajstić information content (AvgIpc) is 1.53. The van der Waals surface area contributed by atoms with Gasteiger partial charge in [-0.3, -0.25) is 0 Å². The van der Waals surface area contributed by atoms with Crippen LogP contribution in [-0.2, 0) is 5.41 Å². The van der Waals surface area contributed by atoms with Gasteiger partial charge in [0, 0.05) is 78.1 Å². The molecular weight excluding hydrogens is 1020 g/mol. The maximum atomic E-state index is 13.0. The molecule has 0 amide bonds. The van der Waals surface area contributed by atoms with Gasteiger partial charge < -0.3 is 18.3 Å². The first-order chi connectivity index (χ1) is 44.7. The number of hydrogen-bond donors (Lipinski definition) is 0. The van der Waals surface area contributed by atoms with Crippen molar-refractivity contribution in [2.24, 2.45) is 0 Å². The first-order valence-corrected chi connectivity index (χ1v) is 28.1. The molecule has 0 saturated heterocycles. The van der Waals surface area contributed by atoms with Crippen molar-refractivity contribution in [2.45, 2.75) is 33.0 Å². The van der Waals surface area contributed by atoms with Gasteiger partial charge in [0.25, 0.3) is 0 Å². The van der Waals surface area contributed by atoms with Gasteiger partial charge in [-0.2, -0.15) is 5.26 Å². The van der Waals surface area contributed by atoms with E-state index in [4.69, 9.17) is 11.7 Å². The summed E-state index contributed by atoms with van der Waals surface area (Å²) in [5.41, 5.74) is 4.02. The zero-order valence-electron chi connectivity index (χ0n) is 55.4. The van der Waals surface area contributed by atoms with Gasteiger partial charge >= 0.3 is 0 Å². The predicted octanol–water partition coefficient (Wildman–Crippen LogP) is 20.8. The second-order valence-corrected chi connectivity index (χ2v) is 23.7. The van der Waals surface area contributed by atoms with E-state index in [1.807, 2.05) is 118 Å². The fourth-order valence-corrected chi connectivity index (χ4v) is 15.3. The third-order valence-electron chi connectivity index (χ3n) is 16.4. The Morgan fingerprint density at radius 1 is 0.469 bits per heavy atom. The minimum absolute atomic E-state index is 0.0154. The summed E-state index contributed by atoms with van der Waals surface area (Å²) >= 11 is 2.53. The number of fused-ring (bicyclic) bond motifs is 20. The number of hydrogen-bond acceptors (Lipinski definition) is 3. The van der Waals surface area contributed by atoms with E-state index < -0.39 is 66.8 Å². The molecule has 0 N–H and O–H groups in total. The monoisotopic (exact) mass is 1080 g/mol. The number of nitrogens with zero attached hydrogens (tertiary/aromatic N) is 6. The maximum absolute atomic E-state index is 13.0. The zero-order chi connectivity index (χ0) is 64.5. The second-order valence-electron chi connectivity index (χ2n) is 21.6. The van der Waals surface area contributed by atoms with Crippen molar-refractivity contribution in [1.29, 1.82) is 5.26 Å². The lowest BCUT2D eigenvalue weighted by atomic mass is 9.86. The van der Waals surface area contributed by atoms with Crippen LogP contribution in [0.4, 0.5) is 5.69 Å². The summed E-state index contributed by atoms with van der Waals surface area (Å²) in [4.78, 5) is 4.74. The highest BCUT2D eigenvalue weighted by Crippen LogP contribution is 2.54. The van der Waals surface area contributed by atoms with Crippen molar-refractivity contribution in [3.63, 3.8) is 0 Å². The molecule has 17 aromatic rings. The van der Waals surface area contributed by atoms with E-state index in [1.165, 1.54) is 0 Å². The highest BCUT2D eigenvalue weighted by molar-refractivity contribution is 7.27. The van der Waals surface area contributed by atoms with Crippen LogP contribution in [0.3, 0.4) is 0 Å². The van der Waals surface area contributed by atoms with Crippen LogP contribution >= 0.6 is 22.7 Å². The molecule has 0 atom stereocenters. The van der Waals surface area contributed by atoms with Crippen molar-refractivity contribution >= 4 is 156 Å². The van der Waals surface area contributed by atoms with Crippen LogP contribution in [-0.4, -0.2) is 18.3 Å². The maximum Gasteiger partial charge on any atom is 0.237 e. The standard InChI is InChI=1S/C73H46N6S2/c1-41-30-36-60-53(38-41)49-32-34-52-48-23-11-17-29-63(48)81-72(52)68(49)79(60)70-66(76-56-24-12-6-18-43(56)44-19-7-13-25-57(44)76)55(40-74)65(64(75-5)69(70)77-58-26-14-8-20-45(58)46-21-9-15-27-59(46)77)78-61-37-31-42(73(2,3)4)39-54(61)50-33-35-51-47-22-10-16-28-62(47)80-71(51)67(50)78/h6-39H,1-4H3/i1D3,11D,17D,23D,29D,30D,32D,34D,36D,38D. The summed E-state index contributed by atoms with van der Waals surface area (Å²) in [7, 11) is 0. The zero-order valence-corrected chi connectivity index (χ0v) is 45.1. The van der Waals surface area contributed by atoms with Crippen LogP contribution < -0.4 is 0 Å². The van der Waals surface area contributed by atoms with E-state index in [1.54, 1.807) is 15.9 Å². The number of para-hydroxylation sites is 4. The molecule has 6 nitrogen and oxygen atoms in total. The quantitative estimate of drug-likeness (QED) is 0.162. The van der Waals surface area contributed by atoms with Gasteiger partial charge in [-0.25, -0.2) is 4.85 Å². The molecule has 17 rings (SSSR count). The Balaban J connectivity index is 1.25. The summed E-state index contributed by atoms with van der Waals surface area (Å²) in [6.07, 6.45) is 0. The lowest BCUT2D eigenvalue weighted by molar-refractivity contribution is 0.591. The summed E-state index contributed by atoms with van der Waals surface area (Å²) in [5, 5.41) is 19.4. The summed E-state index contributed by atoms with van der Waals surface area (Å²) in [6.45, 7) is 13.4. The lowest BCUT2D eigenvalue weighted by Gasteiger charge is -2.27. The molecule has 0 aliphatic carbocycles. The molecule has 0 unspecified atom stereocenters. The molecule has 0 saturated carbocycles. The van der Waals surface area contributed by atoms with Crippen molar-refractivity contribution in [3.05, 3.63) is 234 Å². The molecule has 0 aliphatic heterocycles. The van der Waals surface area contributed by atoms with Crippen LogP contribution in [0.25, 0.3) is 155 Å². The molecule has 81 heavy (non-hydrogen) atoms. The number of aromatic nitrogens is 4. The van der Waals surface area contributed by atoms with Crippen molar-refractivity contribution in [1.82, 2.24) is 18.3 Å². The molecule has 380 valence electrons. The van der Waals surface area contributed by atoms with Gasteiger partial charge in [-0.05, 0) is 78.4 Å². The third-order valence-corrected chi connectivity index (χ3v) is 18.7. The smallest absolute Gasteiger partial charge is 0.237 e. The van der Waals surface area contributed by atoms with Crippen LogP contribution in [0.15, 0.2) is 206 Å².